The summed E-state index contributed by atoms with van der Waals surface area (Å²) >= 11 is 0. The van der Waals surface area contributed by atoms with Crippen molar-refractivity contribution >= 4 is 23.5 Å². The van der Waals surface area contributed by atoms with E-state index < -0.39 is 17.6 Å². The molecule has 0 spiro atoms. The molecular formula is C33H32F3N5O. The van der Waals surface area contributed by atoms with Gasteiger partial charge in [-0.05, 0) is 79.6 Å². The van der Waals surface area contributed by atoms with E-state index in [9.17, 15) is 18.0 Å². The zero-order chi connectivity index (χ0) is 30.4. The summed E-state index contributed by atoms with van der Waals surface area (Å²) in [7, 11) is 1.99. The number of halogens is 3. The maximum Gasteiger partial charge on any atom is 0.416 e. The predicted octanol–water partition coefficient (Wildman–Crippen LogP) is 5.35. The fraction of sp³-hybridized carbons (Fsp3) is 0.273. The van der Waals surface area contributed by atoms with E-state index in [1.165, 1.54) is 12.1 Å². The van der Waals surface area contributed by atoms with E-state index in [1.54, 1.807) is 36.5 Å². The number of anilines is 2. The molecule has 0 bridgehead atoms. The average Bonchev–Trinajstić information content (AvgIpc) is 2.94. The number of aromatic nitrogens is 1. The van der Waals surface area contributed by atoms with Gasteiger partial charge in [0.15, 0.2) is 0 Å². The van der Waals surface area contributed by atoms with Crippen LogP contribution in [0.15, 0.2) is 48.7 Å². The molecule has 3 aromatic rings. The van der Waals surface area contributed by atoms with Gasteiger partial charge in [0.05, 0.1) is 11.1 Å². The number of nitrogens with two attached hydrogens (primary N) is 1. The van der Waals surface area contributed by atoms with Gasteiger partial charge in [0.25, 0.3) is 5.91 Å². The minimum atomic E-state index is -4.56. The van der Waals surface area contributed by atoms with Gasteiger partial charge in [0, 0.05) is 55.7 Å². The molecule has 0 saturated carbocycles. The average molecular weight is 572 g/mol. The van der Waals surface area contributed by atoms with E-state index in [-0.39, 0.29) is 29.2 Å². The highest BCUT2D eigenvalue weighted by molar-refractivity contribution is 6.04. The van der Waals surface area contributed by atoms with Crippen LogP contribution < -0.4 is 11.1 Å². The van der Waals surface area contributed by atoms with Gasteiger partial charge in [-0.1, -0.05) is 29.9 Å². The summed E-state index contributed by atoms with van der Waals surface area (Å²) in [6.45, 7) is 6.90. The quantitative estimate of drug-likeness (QED) is 0.404. The summed E-state index contributed by atoms with van der Waals surface area (Å²) in [5.41, 5.74) is 9.34. The van der Waals surface area contributed by atoms with Gasteiger partial charge in [-0.2, -0.15) is 13.2 Å². The summed E-state index contributed by atoms with van der Waals surface area (Å²) in [4.78, 5) is 21.4. The van der Waals surface area contributed by atoms with Crippen molar-refractivity contribution in [1.29, 1.82) is 0 Å². The Hall–Kier alpha value is -4.57. The smallest absolute Gasteiger partial charge is 0.383 e. The van der Waals surface area contributed by atoms with Gasteiger partial charge in [0.2, 0.25) is 0 Å². The van der Waals surface area contributed by atoms with E-state index in [0.29, 0.717) is 24.2 Å². The summed E-state index contributed by atoms with van der Waals surface area (Å²) in [6.07, 6.45) is 5.67. The normalized spacial score (nSPS) is 14.3. The number of hydrogen-bond acceptors (Lipinski definition) is 5. The molecule has 4 rings (SSSR count). The minimum absolute atomic E-state index is 0.0639. The summed E-state index contributed by atoms with van der Waals surface area (Å²) in [5.74, 6) is 8.27. The van der Waals surface area contributed by atoms with Crippen molar-refractivity contribution in [3.05, 3.63) is 93.2 Å². The summed E-state index contributed by atoms with van der Waals surface area (Å²) in [5, 5.41) is 2.61. The van der Waals surface area contributed by atoms with Crippen LogP contribution in [0.4, 0.5) is 24.7 Å². The van der Waals surface area contributed by atoms with Crippen molar-refractivity contribution in [3.8, 4) is 24.2 Å². The Labute approximate surface area is 244 Å². The molecule has 1 saturated heterocycles. The third-order valence-electron chi connectivity index (χ3n) is 7.25. The zero-order valence-electron chi connectivity index (χ0n) is 23.8. The van der Waals surface area contributed by atoms with Gasteiger partial charge >= 0.3 is 6.18 Å². The Kier molecular flexibility index (Phi) is 9.37. The highest BCUT2D eigenvalue weighted by Gasteiger charge is 2.34. The fourth-order valence-electron chi connectivity index (χ4n) is 4.63. The Balaban J connectivity index is 1.57. The molecule has 0 atom stereocenters. The van der Waals surface area contributed by atoms with Crippen LogP contribution in [0.5, 0.6) is 0 Å². The molecule has 1 amide bonds. The van der Waals surface area contributed by atoms with Crippen molar-refractivity contribution in [2.24, 2.45) is 0 Å². The number of rotatable bonds is 5. The largest absolute Gasteiger partial charge is 0.416 e. The van der Waals surface area contributed by atoms with E-state index in [0.717, 1.165) is 35.8 Å². The first-order valence-electron chi connectivity index (χ1n) is 13.4. The van der Waals surface area contributed by atoms with Gasteiger partial charge in [-0.15, -0.1) is 6.42 Å². The molecule has 1 aliphatic heterocycles. The second kappa shape index (κ2) is 12.9. The first kappa shape index (κ1) is 30.4. The van der Waals surface area contributed by atoms with Crippen molar-refractivity contribution in [2.75, 3.05) is 44.3 Å². The number of benzene rings is 2. The topological polar surface area (TPSA) is 74.5 Å². The number of aryl methyl sites for hydroxylation is 1. The maximum absolute atomic E-state index is 14.0. The number of piperazine rings is 1. The third kappa shape index (κ3) is 7.38. The molecular weight excluding hydrogens is 539 g/mol. The zero-order valence-corrected chi connectivity index (χ0v) is 23.8. The summed E-state index contributed by atoms with van der Waals surface area (Å²) in [6, 6.07) is 8.89. The lowest BCUT2D eigenvalue weighted by molar-refractivity contribution is -0.138. The lowest BCUT2D eigenvalue weighted by atomic mass is 10.0. The monoisotopic (exact) mass is 571 g/mol. The first-order chi connectivity index (χ1) is 20.0. The molecule has 1 aliphatic rings. The van der Waals surface area contributed by atoms with Crippen molar-refractivity contribution < 1.29 is 18.0 Å². The molecule has 3 N–H and O–H groups in total. The minimum Gasteiger partial charge on any atom is -0.383 e. The lowest BCUT2D eigenvalue weighted by Gasteiger charge is -2.33. The van der Waals surface area contributed by atoms with E-state index >= 15 is 0 Å². The van der Waals surface area contributed by atoms with Crippen LogP contribution in [0.1, 0.15) is 49.3 Å². The number of amides is 1. The van der Waals surface area contributed by atoms with Gasteiger partial charge in [-0.3, -0.25) is 9.69 Å². The number of alkyl halides is 3. The number of nitrogens with zero attached hydrogens (tertiary/aromatic N) is 3. The molecule has 9 heteroatoms. The Morgan fingerprint density at radius 2 is 1.86 bits per heavy atom. The number of pyridine rings is 1. The molecule has 42 heavy (non-hydrogen) atoms. The van der Waals surface area contributed by atoms with E-state index in [4.69, 9.17) is 12.2 Å². The molecule has 1 fully saturated rings. The summed E-state index contributed by atoms with van der Waals surface area (Å²) < 4.78 is 42.0. The number of carbonyl (C=O) groups is 1. The lowest BCUT2D eigenvalue weighted by Crippen LogP contribution is -2.44. The van der Waals surface area contributed by atoms with Crippen LogP contribution in [0.2, 0.25) is 0 Å². The molecule has 216 valence electrons. The third-order valence-corrected chi connectivity index (χ3v) is 7.25. The standard InChI is InChI=1S/C33H32F3N5O/c1-5-6-7-26-20-38-31(37)29(23(26)3)13-11-24-18-25(9-8-22(24)2)32(42)39-28-12-10-27(30(19-28)33(34,35)36)21-41-16-14-40(4)15-17-41/h1,6-10,12,18-20H,14-17,21H2,2-4H3,(H2,37,38)(H,39,42)/b7-6-. The second-order valence-electron chi connectivity index (χ2n) is 10.3. The number of carbonyl (C=O) groups excluding carboxylic acids is 1. The molecule has 0 unspecified atom stereocenters. The van der Waals surface area contributed by atoms with Gasteiger partial charge in [-0.25, -0.2) is 4.98 Å². The highest BCUT2D eigenvalue weighted by Crippen LogP contribution is 2.35. The van der Waals surface area contributed by atoms with E-state index in [1.807, 2.05) is 25.8 Å². The Bertz CT molecular complexity index is 1620. The molecule has 1 aromatic heterocycles. The van der Waals surface area contributed by atoms with Crippen LogP contribution >= 0.6 is 0 Å². The molecule has 2 heterocycles. The van der Waals surface area contributed by atoms with Gasteiger partial charge < -0.3 is 16.0 Å². The van der Waals surface area contributed by atoms with Gasteiger partial charge in [0.1, 0.15) is 5.82 Å². The van der Waals surface area contributed by atoms with Crippen LogP contribution in [-0.4, -0.2) is 53.9 Å². The number of terminal acetylenes is 1. The van der Waals surface area contributed by atoms with E-state index in [2.05, 4.69) is 33.0 Å². The molecule has 6 nitrogen and oxygen atoms in total. The first-order valence-corrected chi connectivity index (χ1v) is 13.4. The number of likely N-dealkylation sites (N-methyl/N-ethyl adjacent to an activating group) is 1. The molecule has 0 radical (unpaired) electrons. The second-order valence-corrected chi connectivity index (χ2v) is 10.3. The predicted molar refractivity (Wildman–Crippen MR) is 161 cm³/mol. The Morgan fingerprint density at radius 3 is 2.55 bits per heavy atom. The number of hydrogen-bond donors (Lipinski definition) is 2. The highest BCUT2D eigenvalue weighted by atomic mass is 19.4. The SMILES string of the molecule is C#C/C=C\c1cnc(N)c(C#Cc2cc(C(=O)Nc3ccc(CN4CCN(C)CC4)c(C(F)(F)F)c3)ccc2C)c1C. The number of nitrogen functional groups attached to an aromatic ring is 1. The number of allylic oxidation sites excluding steroid dienone is 1. The van der Waals surface area contributed by atoms with Crippen LogP contribution in [0.3, 0.4) is 0 Å². The molecule has 2 aromatic carbocycles. The van der Waals surface area contributed by atoms with Crippen molar-refractivity contribution in [3.63, 3.8) is 0 Å². The Morgan fingerprint density at radius 1 is 1.12 bits per heavy atom. The van der Waals surface area contributed by atoms with Crippen LogP contribution in [-0.2, 0) is 12.7 Å². The maximum atomic E-state index is 14.0. The van der Waals surface area contributed by atoms with Crippen molar-refractivity contribution in [2.45, 2.75) is 26.6 Å². The molecule has 0 aliphatic carbocycles. The fourth-order valence-corrected chi connectivity index (χ4v) is 4.63. The van der Waals surface area contributed by atoms with Crippen molar-refractivity contribution in [1.82, 2.24) is 14.8 Å². The van der Waals surface area contributed by atoms with Crippen LogP contribution in [0.25, 0.3) is 6.08 Å². The van der Waals surface area contributed by atoms with Crippen LogP contribution in [0, 0.1) is 38.0 Å². The number of nitrogens with one attached hydrogen (secondary N) is 1.